The number of rotatable bonds is 2. The zero-order valence-corrected chi connectivity index (χ0v) is 10.2. The van der Waals surface area contributed by atoms with Gasteiger partial charge >= 0.3 is 0 Å². The van der Waals surface area contributed by atoms with Crippen molar-refractivity contribution in [1.82, 2.24) is 0 Å². The number of para-hydroxylation sites is 1. The Labute approximate surface area is 97.9 Å². The molecule has 1 aliphatic rings. The fraction of sp³-hybridized carbons (Fsp3) is 0.571. The molecule has 1 fully saturated rings. The summed E-state index contributed by atoms with van der Waals surface area (Å²) in [6.45, 7) is 5.23. The Morgan fingerprint density at radius 2 is 2.06 bits per heavy atom. The van der Waals surface area contributed by atoms with Crippen LogP contribution in [0.1, 0.15) is 44.8 Å². The molecule has 0 spiro atoms. The summed E-state index contributed by atoms with van der Waals surface area (Å²) in [5.41, 5.74) is 2.26. The maximum Gasteiger partial charge on any atom is 0.0781 e. The van der Waals surface area contributed by atoms with Gasteiger partial charge in [-0.1, -0.05) is 18.2 Å². The van der Waals surface area contributed by atoms with Gasteiger partial charge in [0.2, 0.25) is 0 Å². The van der Waals surface area contributed by atoms with Crippen LogP contribution in [0.2, 0.25) is 0 Å². The van der Waals surface area contributed by atoms with Gasteiger partial charge in [-0.3, -0.25) is 0 Å². The van der Waals surface area contributed by atoms with Crippen LogP contribution < -0.4 is 4.90 Å². The average molecular weight is 219 g/mol. The molecule has 1 aromatic carbocycles. The molecule has 2 rings (SSSR count). The van der Waals surface area contributed by atoms with Gasteiger partial charge in [0.25, 0.3) is 0 Å². The van der Waals surface area contributed by atoms with E-state index in [9.17, 15) is 5.11 Å². The quantitative estimate of drug-likeness (QED) is 0.826. The molecular formula is C14H21NO. The van der Waals surface area contributed by atoms with Crippen LogP contribution >= 0.6 is 0 Å². The molecule has 0 bridgehead atoms. The summed E-state index contributed by atoms with van der Waals surface area (Å²) in [7, 11) is 0. The molecule has 2 atom stereocenters. The SMILES string of the molecule is CC1CCCCN1c1ccccc1[C@@H](C)O. The molecule has 0 radical (unpaired) electrons. The van der Waals surface area contributed by atoms with Crippen molar-refractivity contribution in [3.05, 3.63) is 29.8 Å². The Balaban J connectivity index is 2.31. The molecule has 1 saturated heterocycles. The molecule has 1 aromatic rings. The second kappa shape index (κ2) is 4.88. The van der Waals surface area contributed by atoms with Gasteiger partial charge in [0.05, 0.1) is 6.10 Å². The predicted molar refractivity (Wildman–Crippen MR) is 67.7 cm³/mol. The van der Waals surface area contributed by atoms with Gasteiger partial charge in [-0.15, -0.1) is 0 Å². The molecule has 16 heavy (non-hydrogen) atoms. The summed E-state index contributed by atoms with van der Waals surface area (Å²) in [6.07, 6.45) is 3.46. The summed E-state index contributed by atoms with van der Waals surface area (Å²) in [5, 5.41) is 9.79. The Morgan fingerprint density at radius 3 is 2.75 bits per heavy atom. The lowest BCUT2D eigenvalue weighted by atomic mass is 10.00. The van der Waals surface area contributed by atoms with E-state index in [-0.39, 0.29) is 6.10 Å². The Hall–Kier alpha value is -1.02. The standard InChI is InChI=1S/C14H21NO/c1-11-7-5-6-10-15(11)14-9-4-3-8-13(14)12(2)16/h3-4,8-9,11-12,16H,5-7,10H2,1-2H3/t11?,12-/m1/s1. The summed E-state index contributed by atoms with van der Waals surface area (Å²) < 4.78 is 0. The maximum atomic E-state index is 9.79. The molecule has 0 saturated carbocycles. The van der Waals surface area contributed by atoms with E-state index in [0.29, 0.717) is 6.04 Å². The number of piperidine rings is 1. The topological polar surface area (TPSA) is 23.5 Å². The smallest absolute Gasteiger partial charge is 0.0781 e. The van der Waals surface area contributed by atoms with Crippen LogP contribution in [0, 0.1) is 0 Å². The van der Waals surface area contributed by atoms with Crippen molar-refractivity contribution in [2.24, 2.45) is 0 Å². The maximum absolute atomic E-state index is 9.79. The highest BCUT2D eigenvalue weighted by Gasteiger charge is 2.21. The second-order valence-corrected chi connectivity index (χ2v) is 4.77. The largest absolute Gasteiger partial charge is 0.389 e. The lowest BCUT2D eigenvalue weighted by Crippen LogP contribution is -2.38. The first-order valence-electron chi connectivity index (χ1n) is 6.24. The fourth-order valence-electron chi connectivity index (χ4n) is 2.56. The summed E-state index contributed by atoms with van der Waals surface area (Å²) in [5.74, 6) is 0. The van der Waals surface area contributed by atoms with Crippen LogP contribution in [0.3, 0.4) is 0 Å². The second-order valence-electron chi connectivity index (χ2n) is 4.77. The highest BCUT2D eigenvalue weighted by molar-refractivity contribution is 5.55. The van der Waals surface area contributed by atoms with Crippen LogP contribution in [0.25, 0.3) is 0 Å². The first-order valence-corrected chi connectivity index (χ1v) is 6.24. The van der Waals surface area contributed by atoms with Crippen molar-refractivity contribution >= 4 is 5.69 Å². The van der Waals surface area contributed by atoms with Gasteiger partial charge in [-0.25, -0.2) is 0 Å². The van der Waals surface area contributed by atoms with E-state index in [1.807, 2.05) is 19.1 Å². The molecular weight excluding hydrogens is 198 g/mol. The molecule has 0 aromatic heterocycles. The lowest BCUT2D eigenvalue weighted by Gasteiger charge is -2.37. The molecule has 1 aliphatic heterocycles. The lowest BCUT2D eigenvalue weighted by molar-refractivity contribution is 0.199. The van der Waals surface area contributed by atoms with E-state index < -0.39 is 0 Å². The van der Waals surface area contributed by atoms with Crippen molar-refractivity contribution in [3.63, 3.8) is 0 Å². The summed E-state index contributed by atoms with van der Waals surface area (Å²) >= 11 is 0. The van der Waals surface area contributed by atoms with Crippen LogP contribution in [-0.4, -0.2) is 17.7 Å². The van der Waals surface area contributed by atoms with Gasteiger partial charge in [0.1, 0.15) is 0 Å². The third-order valence-corrected chi connectivity index (χ3v) is 3.50. The van der Waals surface area contributed by atoms with Crippen LogP contribution in [0.4, 0.5) is 5.69 Å². The van der Waals surface area contributed by atoms with E-state index in [0.717, 1.165) is 12.1 Å². The number of hydrogen-bond donors (Lipinski definition) is 1. The van der Waals surface area contributed by atoms with Gasteiger partial charge in [0, 0.05) is 23.8 Å². The Bertz CT molecular complexity index is 348. The average Bonchev–Trinajstić information content (AvgIpc) is 2.29. The minimum atomic E-state index is -0.384. The van der Waals surface area contributed by atoms with E-state index >= 15 is 0 Å². The zero-order chi connectivity index (χ0) is 11.5. The first-order chi connectivity index (χ1) is 7.70. The molecule has 1 N–H and O–H groups in total. The third-order valence-electron chi connectivity index (χ3n) is 3.50. The summed E-state index contributed by atoms with van der Waals surface area (Å²) in [4.78, 5) is 2.44. The Morgan fingerprint density at radius 1 is 1.31 bits per heavy atom. The molecule has 1 unspecified atom stereocenters. The number of aliphatic hydroxyl groups excluding tert-OH is 1. The molecule has 2 nitrogen and oxygen atoms in total. The van der Waals surface area contributed by atoms with Crippen LogP contribution in [-0.2, 0) is 0 Å². The highest BCUT2D eigenvalue weighted by Crippen LogP contribution is 2.30. The van der Waals surface area contributed by atoms with Crippen molar-refractivity contribution in [1.29, 1.82) is 0 Å². The van der Waals surface area contributed by atoms with Crippen molar-refractivity contribution in [3.8, 4) is 0 Å². The van der Waals surface area contributed by atoms with E-state index in [1.54, 1.807) is 0 Å². The third kappa shape index (κ3) is 2.22. The fourth-order valence-corrected chi connectivity index (χ4v) is 2.56. The van der Waals surface area contributed by atoms with Crippen molar-refractivity contribution in [2.75, 3.05) is 11.4 Å². The predicted octanol–water partition coefficient (Wildman–Crippen LogP) is 3.12. The van der Waals surface area contributed by atoms with Crippen LogP contribution in [0.15, 0.2) is 24.3 Å². The van der Waals surface area contributed by atoms with Crippen LogP contribution in [0.5, 0.6) is 0 Å². The molecule has 0 aliphatic carbocycles. The molecule has 1 heterocycles. The molecule has 2 heteroatoms. The molecule has 88 valence electrons. The normalized spacial score (nSPS) is 23.2. The number of hydrogen-bond acceptors (Lipinski definition) is 2. The van der Waals surface area contributed by atoms with E-state index in [4.69, 9.17) is 0 Å². The highest BCUT2D eigenvalue weighted by atomic mass is 16.3. The summed E-state index contributed by atoms with van der Waals surface area (Å²) in [6, 6.07) is 8.81. The number of nitrogens with zero attached hydrogens (tertiary/aromatic N) is 1. The van der Waals surface area contributed by atoms with E-state index in [2.05, 4.69) is 24.0 Å². The van der Waals surface area contributed by atoms with E-state index in [1.165, 1.54) is 24.9 Å². The zero-order valence-electron chi connectivity index (χ0n) is 10.2. The Kier molecular flexibility index (Phi) is 3.49. The monoisotopic (exact) mass is 219 g/mol. The van der Waals surface area contributed by atoms with Gasteiger partial charge in [0.15, 0.2) is 0 Å². The minimum absolute atomic E-state index is 0.384. The van der Waals surface area contributed by atoms with Gasteiger partial charge < -0.3 is 10.0 Å². The first kappa shape index (κ1) is 11.5. The number of aliphatic hydroxyl groups is 1. The minimum Gasteiger partial charge on any atom is -0.389 e. The van der Waals surface area contributed by atoms with Gasteiger partial charge in [-0.2, -0.15) is 0 Å². The van der Waals surface area contributed by atoms with Crippen molar-refractivity contribution in [2.45, 2.75) is 45.3 Å². The molecule has 0 amide bonds. The number of benzene rings is 1. The number of anilines is 1. The van der Waals surface area contributed by atoms with Crippen molar-refractivity contribution < 1.29 is 5.11 Å². The van der Waals surface area contributed by atoms with Gasteiger partial charge in [-0.05, 0) is 39.2 Å².